The van der Waals surface area contributed by atoms with Crippen molar-refractivity contribution in [3.8, 4) is 5.75 Å². The molecule has 3 heteroatoms. The second kappa shape index (κ2) is 7.91. The molecule has 1 saturated heterocycles. The maximum absolute atomic E-state index is 5.83. The summed E-state index contributed by atoms with van der Waals surface area (Å²) in [6.07, 6.45) is 6.73. The fourth-order valence-electron chi connectivity index (χ4n) is 2.83. The topological polar surface area (TPSA) is 12.5 Å². The maximum Gasteiger partial charge on any atom is 0.119 e. The average molecular weight is 326 g/mol. The van der Waals surface area contributed by atoms with E-state index < -0.39 is 0 Å². The fourth-order valence-corrected chi connectivity index (χ4v) is 3.09. The highest BCUT2D eigenvalue weighted by Crippen LogP contribution is 2.21. The van der Waals surface area contributed by atoms with Crippen molar-refractivity contribution in [2.75, 3.05) is 19.7 Å². The molecule has 1 atom stereocenters. The van der Waals surface area contributed by atoms with Crippen LogP contribution in [-0.4, -0.2) is 30.6 Å². The average Bonchev–Trinajstić information content (AvgIpc) is 2.43. The van der Waals surface area contributed by atoms with Crippen LogP contribution in [-0.2, 0) is 0 Å². The van der Waals surface area contributed by atoms with E-state index in [4.69, 9.17) is 4.74 Å². The highest BCUT2D eigenvalue weighted by Gasteiger charge is 2.20. The third-order valence-corrected chi connectivity index (χ3v) is 4.36. The maximum atomic E-state index is 5.83. The van der Waals surface area contributed by atoms with Gasteiger partial charge >= 0.3 is 0 Å². The molecule has 0 radical (unpaired) electrons. The van der Waals surface area contributed by atoms with Gasteiger partial charge < -0.3 is 4.74 Å². The van der Waals surface area contributed by atoms with Gasteiger partial charge in [0, 0.05) is 17.1 Å². The van der Waals surface area contributed by atoms with E-state index in [-0.39, 0.29) is 0 Å². The Labute approximate surface area is 125 Å². The molecule has 1 heterocycles. The SMILES string of the molecule is CCCC1CCCCN1CCOc1ccc(Br)cc1. The summed E-state index contributed by atoms with van der Waals surface area (Å²) >= 11 is 3.44. The van der Waals surface area contributed by atoms with E-state index in [2.05, 4.69) is 27.8 Å². The van der Waals surface area contributed by atoms with E-state index in [1.165, 1.54) is 38.6 Å². The molecule has 106 valence electrons. The third-order valence-electron chi connectivity index (χ3n) is 3.83. The molecule has 0 spiro atoms. The summed E-state index contributed by atoms with van der Waals surface area (Å²) in [7, 11) is 0. The number of nitrogens with zero attached hydrogens (tertiary/aromatic N) is 1. The number of ether oxygens (including phenoxy) is 1. The first-order valence-corrected chi connectivity index (χ1v) is 8.21. The van der Waals surface area contributed by atoms with Crippen molar-refractivity contribution < 1.29 is 4.74 Å². The smallest absolute Gasteiger partial charge is 0.119 e. The lowest BCUT2D eigenvalue weighted by molar-refractivity contribution is 0.116. The van der Waals surface area contributed by atoms with Crippen LogP contribution < -0.4 is 4.74 Å². The van der Waals surface area contributed by atoms with E-state index in [9.17, 15) is 0 Å². The first kappa shape index (κ1) is 14.9. The summed E-state index contributed by atoms with van der Waals surface area (Å²) in [5, 5.41) is 0. The van der Waals surface area contributed by atoms with Crippen molar-refractivity contribution in [3.05, 3.63) is 28.7 Å². The quantitative estimate of drug-likeness (QED) is 0.764. The fraction of sp³-hybridized carbons (Fsp3) is 0.625. The van der Waals surface area contributed by atoms with Crippen molar-refractivity contribution in [2.45, 2.75) is 45.1 Å². The zero-order valence-electron chi connectivity index (χ0n) is 11.8. The number of piperidine rings is 1. The number of halogens is 1. The Morgan fingerprint density at radius 3 is 2.79 bits per heavy atom. The number of rotatable bonds is 6. The lowest BCUT2D eigenvalue weighted by atomic mass is 9.98. The summed E-state index contributed by atoms with van der Waals surface area (Å²) in [4.78, 5) is 2.62. The molecular formula is C16H24BrNO. The monoisotopic (exact) mass is 325 g/mol. The molecule has 1 aromatic rings. The van der Waals surface area contributed by atoms with Gasteiger partial charge in [-0.05, 0) is 50.1 Å². The second-order valence-corrected chi connectivity index (χ2v) is 6.19. The van der Waals surface area contributed by atoms with Crippen molar-refractivity contribution in [3.63, 3.8) is 0 Å². The zero-order valence-corrected chi connectivity index (χ0v) is 13.4. The Morgan fingerprint density at radius 1 is 1.26 bits per heavy atom. The number of benzene rings is 1. The summed E-state index contributed by atoms with van der Waals surface area (Å²) in [5.41, 5.74) is 0. The van der Waals surface area contributed by atoms with Gasteiger partial charge in [-0.1, -0.05) is 35.7 Å². The minimum Gasteiger partial charge on any atom is -0.492 e. The molecular weight excluding hydrogens is 302 g/mol. The predicted molar refractivity (Wildman–Crippen MR) is 83.8 cm³/mol. The molecule has 1 fully saturated rings. The Balaban J connectivity index is 1.75. The van der Waals surface area contributed by atoms with E-state index in [1.807, 2.05) is 24.3 Å². The van der Waals surface area contributed by atoms with Gasteiger partial charge in [-0.3, -0.25) is 4.90 Å². The Hall–Kier alpha value is -0.540. The molecule has 0 aromatic heterocycles. The van der Waals surface area contributed by atoms with E-state index in [1.54, 1.807) is 0 Å². The van der Waals surface area contributed by atoms with Gasteiger partial charge in [0.1, 0.15) is 12.4 Å². The molecule has 2 rings (SSSR count). The molecule has 0 N–H and O–H groups in total. The van der Waals surface area contributed by atoms with Gasteiger partial charge in [0.05, 0.1) is 0 Å². The van der Waals surface area contributed by atoms with Crippen LogP contribution in [0.3, 0.4) is 0 Å². The van der Waals surface area contributed by atoms with Gasteiger partial charge in [0.25, 0.3) is 0 Å². The van der Waals surface area contributed by atoms with Crippen molar-refractivity contribution in [2.24, 2.45) is 0 Å². The number of hydrogen-bond donors (Lipinski definition) is 0. The Kier molecular flexibility index (Phi) is 6.18. The van der Waals surface area contributed by atoms with Crippen LogP contribution in [0.4, 0.5) is 0 Å². The van der Waals surface area contributed by atoms with Gasteiger partial charge in [-0.15, -0.1) is 0 Å². The normalized spacial score (nSPS) is 20.4. The molecule has 1 unspecified atom stereocenters. The molecule has 19 heavy (non-hydrogen) atoms. The zero-order chi connectivity index (χ0) is 13.5. The summed E-state index contributed by atoms with van der Waals surface area (Å²) < 4.78 is 6.92. The second-order valence-electron chi connectivity index (χ2n) is 5.28. The van der Waals surface area contributed by atoms with Crippen LogP contribution in [0.25, 0.3) is 0 Å². The highest BCUT2D eigenvalue weighted by molar-refractivity contribution is 9.10. The molecule has 0 saturated carbocycles. The molecule has 1 aliphatic rings. The van der Waals surface area contributed by atoms with Gasteiger partial charge in [0.15, 0.2) is 0 Å². The van der Waals surface area contributed by atoms with E-state index in [0.29, 0.717) is 0 Å². The number of hydrogen-bond acceptors (Lipinski definition) is 2. The molecule has 2 nitrogen and oxygen atoms in total. The Morgan fingerprint density at radius 2 is 2.05 bits per heavy atom. The summed E-state index contributed by atoms with van der Waals surface area (Å²) in [6, 6.07) is 8.87. The van der Waals surface area contributed by atoms with Crippen LogP contribution in [0.5, 0.6) is 5.75 Å². The van der Waals surface area contributed by atoms with Crippen LogP contribution in [0, 0.1) is 0 Å². The molecule has 1 aliphatic heterocycles. The lowest BCUT2D eigenvalue weighted by Crippen LogP contribution is -2.41. The molecule has 0 amide bonds. The molecule has 1 aromatic carbocycles. The summed E-state index contributed by atoms with van der Waals surface area (Å²) in [6.45, 7) is 5.38. The number of likely N-dealkylation sites (tertiary alicyclic amines) is 1. The van der Waals surface area contributed by atoms with Crippen LogP contribution in [0.2, 0.25) is 0 Å². The molecule has 0 bridgehead atoms. The van der Waals surface area contributed by atoms with Gasteiger partial charge in [0.2, 0.25) is 0 Å². The van der Waals surface area contributed by atoms with Crippen molar-refractivity contribution in [1.82, 2.24) is 4.90 Å². The highest BCUT2D eigenvalue weighted by atomic mass is 79.9. The molecule has 0 aliphatic carbocycles. The van der Waals surface area contributed by atoms with Crippen LogP contribution in [0.1, 0.15) is 39.0 Å². The van der Waals surface area contributed by atoms with Crippen LogP contribution >= 0.6 is 15.9 Å². The lowest BCUT2D eigenvalue weighted by Gasteiger charge is -2.35. The minimum atomic E-state index is 0.785. The van der Waals surface area contributed by atoms with E-state index >= 15 is 0 Å². The van der Waals surface area contributed by atoms with Gasteiger partial charge in [-0.2, -0.15) is 0 Å². The van der Waals surface area contributed by atoms with Crippen molar-refractivity contribution in [1.29, 1.82) is 0 Å². The summed E-state index contributed by atoms with van der Waals surface area (Å²) in [5.74, 6) is 0.965. The van der Waals surface area contributed by atoms with Gasteiger partial charge in [-0.25, -0.2) is 0 Å². The van der Waals surface area contributed by atoms with Crippen LogP contribution in [0.15, 0.2) is 28.7 Å². The van der Waals surface area contributed by atoms with E-state index in [0.717, 1.165) is 29.4 Å². The Bertz CT molecular complexity index is 364. The minimum absolute atomic E-state index is 0.785. The third kappa shape index (κ3) is 4.81. The van der Waals surface area contributed by atoms with Crippen molar-refractivity contribution >= 4 is 15.9 Å². The largest absolute Gasteiger partial charge is 0.492 e. The first-order valence-electron chi connectivity index (χ1n) is 7.42. The predicted octanol–water partition coefficient (Wildman–Crippen LogP) is 4.48. The first-order chi connectivity index (χ1) is 9.29. The standard InChI is InChI=1S/C16H24BrNO/c1-2-5-15-6-3-4-11-18(15)12-13-19-16-9-7-14(17)8-10-16/h7-10,15H,2-6,11-13H2,1H3.